The van der Waals surface area contributed by atoms with E-state index < -0.39 is 0 Å². The Morgan fingerprint density at radius 1 is 0.947 bits per heavy atom. The minimum Gasteiger partial charge on any atom is -0.493 e. The Labute approximate surface area is 120 Å². The zero-order valence-electron chi connectivity index (χ0n) is 10.6. The quantitative estimate of drug-likeness (QED) is 0.498. The van der Waals surface area contributed by atoms with Gasteiger partial charge in [0.1, 0.15) is 0 Å². The van der Waals surface area contributed by atoms with Gasteiger partial charge in [-0.05, 0) is 18.2 Å². The van der Waals surface area contributed by atoms with Gasteiger partial charge in [0.2, 0.25) is 0 Å². The molecule has 0 aliphatic rings. The van der Waals surface area contributed by atoms with Gasteiger partial charge < -0.3 is 9.47 Å². The lowest BCUT2D eigenvalue weighted by atomic mass is 10.2. The second-order valence-electron chi connectivity index (χ2n) is 4.11. The minimum absolute atomic E-state index is 0.732. The van der Waals surface area contributed by atoms with E-state index in [4.69, 9.17) is 21.7 Å². The Morgan fingerprint density at radius 2 is 1.74 bits per heavy atom. The van der Waals surface area contributed by atoms with Crippen LogP contribution in [0.15, 0.2) is 36.4 Å². The number of rotatable bonds is 2. The summed E-state index contributed by atoms with van der Waals surface area (Å²) in [4.78, 5) is 0. The maximum atomic E-state index is 5.59. The van der Waals surface area contributed by atoms with Gasteiger partial charge in [0.25, 0.3) is 0 Å². The normalized spacial score (nSPS) is 10.8. The summed E-state index contributed by atoms with van der Waals surface area (Å²) in [5.41, 5.74) is 0. The third kappa shape index (κ3) is 1.88. The molecule has 3 aromatic rings. The molecule has 3 rings (SSSR count). The third-order valence-electron chi connectivity index (χ3n) is 3.09. The number of fused-ring (bicyclic) bond motifs is 2. The van der Waals surface area contributed by atoms with Crippen LogP contribution in [0.25, 0.3) is 20.2 Å². The first-order valence-electron chi connectivity index (χ1n) is 5.83. The summed E-state index contributed by atoms with van der Waals surface area (Å²) in [5, 5.41) is 2.15. The topological polar surface area (TPSA) is 18.5 Å². The van der Waals surface area contributed by atoms with E-state index in [1.54, 1.807) is 25.6 Å². The van der Waals surface area contributed by atoms with Crippen LogP contribution in [-0.4, -0.2) is 14.2 Å². The van der Waals surface area contributed by atoms with Gasteiger partial charge in [-0.2, -0.15) is 0 Å². The van der Waals surface area contributed by atoms with Crippen LogP contribution in [-0.2, 0) is 0 Å². The van der Waals surface area contributed by atoms with Crippen LogP contribution in [0.1, 0.15) is 0 Å². The molecule has 4 heteroatoms. The monoisotopic (exact) mass is 288 g/mol. The Kier molecular flexibility index (Phi) is 3.12. The molecule has 2 nitrogen and oxygen atoms in total. The molecule has 2 aromatic carbocycles. The zero-order valence-corrected chi connectivity index (χ0v) is 12.2. The van der Waals surface area contributed by atoms with Crippen LogP contribution < -0.4 is 9.47 Å². The van der Waals surface area contributed by atoms with Crippen LogP contribution >= 0.6 is 23.6 Å². The highest BCUT2D eigenvalue weighted by Gasteiger charge is 2.12. The highest BCUT2D eigenvalue weighted by atomic mass is 32.1. The molecule has 0 saturated carbocycles. The summed E-state index contributed by atoms with van der Waals surface area (Å²) < 4.78 is 13.9. The average Bonchev–Trinajstić information content (AvgIpc) is 2.46. The van der Waals surface area contributed by atoms with Crippen molar-refractivity contribution in [3.8, 4) is 11.5 Å². The number of ether oxygens (including phenoxy) is 2. The van der Waals surface area contributed by atoms with Crippen molar-refractivity contribution in [1.82, 2.24) is 0 Å². The molecule has 0 radical (unpaired) electrons. The van der Waals surface area contributed by atoms with Gasteiger partial charge in [-0.3, -0.25) is 0 Å². The molecule has 0 aliphatic heterocycles. The molecule has 0 aliphatic carbocycles. The molecule has 0 unspecified atom stereocenters. The molecule has 0 fully saturated rings. The van der Waals surface area contributed by atoms with Crippen LogP contribution in [0.3, 0.4) is 0 Å². The lowest BCUT2D eigenvalue weighted by Gasteiger charge is -2.11. The van der Waals surface area contributed by atoms with Gasteiger partial charge in [-0.25, -0.2) is 0 Å². The van der Waals surface area contributed by atoms with Crippen LogP contribution in [0.5, 0.6) is 11.5 Å². The van der Waals surface area contributed by atoms with E-state index in [1.165, 1.54) is 0 Å². The Morgan fingerprint density at radius 3 is 2.47 bits per heavy atom. The van der Waals surface area contributed by atoms with E-state index in [0.29, 0.717) is 0 Å². The van der Waals surface area contributed by atoms with Crippen molar-refractivity contribution in [2.45, 2.75) is 0 Å². The van der Waals surface area contributed by atoms with Crippen molar-refractivity contribution in [2.24, 2.45) is 0 Å². The SMILES string of the molecule is COc1ccc2c(=S)c3ccccc3sc2c1OC. The Bertz CT molecular complexity index is 821. The first kappa shape index (κ1) is 12.4. The predicted molar refractivity (Wildman–Crippen MR) is 83.3 cm³/mol. The molecule has 96 valence electrons. The second kappa shape index (κ2) is 4.79. The first-order valence-corrected chi connectivity index (χ1v) is 7.05. The lowest BCUT2D eigenvalue weighted by Crippen LogP contribution is -1.91. The predicted octanol–water partition coefficient (Wildman–Crippen LogP) is 4.80. The van der Waals surface area contributed by atoms with Crippen LogP contribution in [0, 0.1) is 4.51 Å². The molecule has 1 aromatic heterocycles. The third-order valence-corrected chi connectivity index (χ3v) is 4.71. The molecule has 0 N–H and O–H groups in total. The van der Waals surface area contributed by atoms with Gasteiger partial charge in [0.05, 0.1) is 23.4 Å². The lowest BCUT2D eigenvalue weighted by molar-refractivity contribution is 0.359. The summed E-state index contributed by atoms with van der Waals surface area (Å²) in [6, 6.07) is 12.1. The smallest absolute Gasteiger partial charge is 0.178 e. The molecule has 19 heavy (non-hydrogen) atoms. The number of hydrogen-bond donors (Lipinski definition) is 0. The standard InChI is InChI=1S/C15H12O2S2/c1-16-11-8-7-10-14(18)9-5-3-4-6-12(9)19-15(10)13(11)17-2/h3-8H,1-2H3. The number of methoxy groups -OCH3 is 2. The highest BCUT2D eigenvalue weighted by Crippen LogP contribution is 2.41. The molecule has 0 atom stereocenters. The maximum Gasteiger partial charge on any atom is 0.178 e. The highest BCUT2D eigenvalue weighted by molar-refractivity contribution is 7.72. The van der Waals surface area contributed by atoms with E-state index in [9.17, 15) is 0 Å². The van der Waals surface area contributed by atoms with E-state index in [0.717, 1.165) is 36.2 Å². The second-order valence-corrected chi connectivity index (χ2v) is 5.57. The molecule has 0 bridgehead atoms. The van der Waals surface area contributed by atoms with Crippen molar-refractivity contribution in [3.05, 3.63) is 40.9 Å². The van der Waals surface area contributed by atoms with Gasteiger partial charge in [0, 0.05) is 15.5 Å². The summed E-state index contributed by atoms with van der Waals surface area (Å²) in [6.07, 6.45) is 0. The fourth-order valence-electron chi connectivity index (χ4n) is 2.18. The maximum absolute atomic E-state index is 5.59. The zero-order chi connectivity index (χ0) is 13.4. The van der Waals surface area contributed by atoms with Crippen molar-refractivity contribution >= 4 is 43.7 Å². The van der Waals surface area contributed by atoms with E-state index in [2.05, 4.69) is 12.1 Å². The van der Waals surface area contributed by atoms with Crippen molar-refractivity contribution < 1.29 is 9.47 Å². The van der Waals surface area contributed by atoms with E-state index in [1.807, 2.05) is 24.3 Å². The van der Waals surface area contributed by atoms with Gasteiger partial charge in [-0.15, -0.1) is 11.3 Å². The fraction of sp³-hybridized carbons (Fsp3) is 0.133. The Balaban J connectivity index is 2.54. The van der Waals surface area contributed by atoms with E-state index >= 15 is 0 Å². The fourth-order valence-corrected chi connectivity index (χ4v) is 3.86. The first-order chi connectivity index (χ1) is 9.26. The van der Waals surface area contributed by atoms with Crippen molar-refractivity contribution in [1.29, 1.82) is 0 Å². The average molecular weight is 288 g/mol. The molecule has 0 amide bonds. The van der Waals surface area contributed by atoms with Gasteiger partial charge >= 0.3 is 0 Å². The molecule has 1 heterocycles. The molecule has 0 spiro atoms. The van der Waals surface area contributed by atoms with Gasteiger partial charge in [0.15, 0.2) is 11.5 Å². The summed E-state index contributed by atoms with van der Waals surface area (Å²) in [5.74, 6) is 1.48. The van der Waals surface area contributed by atoms with Crippen molar-refractivity contribution in [2.75, 3.05) is 14.2 Å². The molecule has 0 saturated heterocycles. The summed E-state index contributed by atoms with van der Waals surface area (Å²) >= 11 is 7.27. The largest absolute Gasteiger partial charge is 0.493 e. The summed E-state index contributed by atoms with van der Waals surface area (Å²) in [7, 11) is 3.30. The molecular formula is C15H12O2S2. The Hall–Kier alpha value is -1.65. The molecular weight excluding hydrogens is 276 g/mol. The van der Waals surface area contributed by atoms with Crippen molar-refractivity contribution in [3.63, 3.8) is 0 Å². The van der Waals surface area contributed by atoms with Gasteiger partial charge in [-0.1, -0.05) is 30.4 Å². The number of benzene rings is 2. The van der Waals surface area contributed by atoms with Crippen LogP contribution in [0.2, 0.25) is 0 Å². The summed E-state index contributed by atoms with van der Waals surface area (Å²) in [6.45, 7) is 0. The minimum atomic E-state index is 0.732. The van der Waals surface area contributed by atoms with Crippen LogP contribution in [0.4, 0.5) is 0 Å². The van der Waals surface area contributed by atoms with E-state index in [-0.39, 0.29) is 0 Å². The number of hydrogen-bond acceptors (Lipinski definition) is 4.